The summed E-state index contributed by atoms with van der Waals surface area (Å²) in [6.07, 6.45) is 0. The summed E-state index contributed by atoms with van der Waals surface area (Å²) in [7, 11) is 0. The normalized spacial score (nSPS) is 10.1. The van der Waals surface area contributed by atoms with Crippen molar-refractivity contribution in [3.05, 3.63) is 77.4 Å². The number of rotatable bonds is 4. The van der Waals surface area contributed by atoms with Gasteiger partial charge >= 0.3 is 0 Å². The Morgan fingerprint density at radius 1 is 0.650 bits per heavy atom. The second kappa shape index (κ2) is 6.04. The zero-order chi connectivity index (χ0) is 14.7. The van der Waals surface area contributed by atoms with Crippen molar-refractivity contribution in [3.63, 3.8) is 0 Å². The van der Waals surface area contributed by atoms with Gasteiger partial charge in [-0.2, -0.15) is 0 Å². The fourth-order valence-electron chi connectivity index (χ4n) is 1.77. The van der Waals surface area contributed by atoms with Gasteiger partial charge in [0.15, 0.2) is 0 Å². The van der Waals surface area contributed by atoms with Crippen LogP contribution in [-0.2, 0) is 0 Å². The van der Waals surface area contributed by atoms with Crippen LogP contribution in [0.25, 0.3) is 5.57 Å². The van der Waals surface area contributed by atoms with Gasteiger partial charge in [0.05, 0.1) is 0 Å². The molecule has 0 aliphatic rings. The molecule has 100 valence electrons. The highest BCUT2D eigenvalue weighted by atomic mass is 35.5. The molecule has 0 heterocycles. The van der Waals surface area contributed by atoms with Crippen molar-refractivity contribution in [3.8, 4) is 0 Å². The molecule has 20 heavy (non-hydrogen) atoms. The third kappa shape index (κ3) is 3.16. The van der Waals surface area contributed by atoms with E-state index < -0.39 is 10.5 Å². The van der Waals surface area contributed by atoms with Crippen molar-refractivity contribution in [1.29, 1.82) is 0 Å². The van der Waals surface area contributed by atoms with Gasteiger partial charge in [0.1, 0.15) is 0 Å². The van der Waals surface area contributed by atoms with Gasteiger partial charge in [0.2, 0.25) is 0 Å². The maximum Gasteiger partial charge on any atom is 0.252 e. The lowest BCUT2D eigenvalue weighted by atomic mass is 9.98. The van der Waals surface area contributed by atoms with E-state index in [4.69, 9.17) is 23.2 Å². The topological polar surface area (TPSA) is 34.1 Å². The van der Waals surface area contributed by atoms with Gasteiger partial charge in [-0.15, -0.1) is 0 Å². The van der Waals surface area contributed by atoms with Gasteiger partial charge < -0.3 is 0 Å². The van der Waals surface area contributed by atoms with Crippen molar-refractivity contribution < 1.29 is 9.59 Å². The van der Waals surface area contributed by atoms with Crippen LogP contribution in [0.2, 0.25) is 0 Å². The quantitative estimate of drug-likeness (QED) is 0.779. The highest BCUT2D eigenvalue weighted by Crippen LogP contribution is 2.23. The van der Waals surface area contributed by atoms with Crippen LogP contribution in [0.4, 0.5) is 0 Å². The molecule has 0 spiro atoms. The van der Waals surface area contributed by atoms with Crippen molar-refractivity contribution in [1.82, 2.24) is 0 Å². The Balaban J connectivity index is 2.26. The van der Waals surface area contributed by atoms with Crippen molar-refractivity contribution in [2.24, 2.45) is 0 Å². The number of carbonyl (C=O) groups is 2. The molecule has 0 bridgehead atoms. The minimum Gasteiger partial charge on any atom is -0.276 e. The van der Waals surface area contributed by atoms with Gasteiger partial charge in [-0.05, 0) is 64.2 Å². The van der Waals surface area contributed by atoms with Crippen LogP contribution in [0.15, 0.2) is 55.1 Å². The fraction of sp³-hybridized carbons (Fsp3) is 0. The lowest BCUT2D eigenvalue weighted by molar-refractivity contribution is 0.107. The Morgan fingerprint density at radius 2 is 0.900 bits per heavy atom. The van der Waals surface area contributed by atoms with Crippen LogP contribution < -0.4 is 0 Å². The van der Waals surface area contributed by atoms with Gasteiger partial charge in [0, 0.05) is 11.1 Å². The van der Waals surface area contributed by atoms with Gasteiger partial charge in [-0.25, -0.2) is 0 Å². The first-order valence-electron chi connectivity index (χ1n) is 5.78. The molecular weight excluding hydrogens is 295 g/mol. The molecule has 0 unspecified atom stereocenters. The average molecular weight is 305 g/mol. The SMILES string of the molecule is C=C(c1ccc(C(=O)Cl)cc1)c1ccc(C(=O)Cl)cc1. The molecule has 0 aromatic heterocycles. The summed E-state index contributed by atoms with van der Waals surface area (Å²) in [5.41, 5.74) is 3.40. The van der Waals surface area contributed by atoms with Crippen LogP contribution in [0.3, 0.4) is 0 Å². The zero-order valence-corrected chi connectivity index (χ0v) is 11.9. The van der Waals surface area contributed by atoms with E-state index in [2.05, 4.69) is 6.58 Å². The molecule has 0 radical (unpaired) electrons. The minimum absolute atomic E-state index is 0.436. The van der Waals surface area contributed by atoms with Crippen molar-refractivity contribution >= 4 is 39.3 Å². The molecule has 0 saturated heterocycles. The van der Waals surface area contributed by atoms with Crippen LogP contribution >= 0.6 is 23.2 Å². The molecule has 2 aromatic rings. The zero-order valence-electron chi connectivity index (χ0n) is 10.4. The van der Waals surface area contributed by atoms with Crippen molar-refractivity contribution in [2.45, 2.75) is 0 Å². The standard InChI is InChI=1S/C16H10Cl2O2/c1-10(11-2-6-13(7-3-11)15(17)19)12-4-8-14(9-5-12)16(18)20/h2-9H,1H2. The first kappa shape index (κ1) is 14.5. The smallest absolute Gasteiger partial charge is 0.252 e. The first-order valence-corrected chi connectivity index (χ1v) is 6.54. The molecule has 0 aliphatic carbocycles. The molecule has 0 aliphatic heterocycles. The van der Waals surface area contributed by atoms with E-state index in [0.29, 0.717) is 11.1 Å². The highest BCUT2D eigenvalue weighted by Gasteiger charge is 2.06. The number of carbonyl (C=O) groups excluding carboxylic acids is 2. The molecule has 0 N–H and O–H groups in total. The van der Waals surface area contributed by atoms with E-state index in [0.717, 1.165) is 16.7 Å². The van der Waals surface area contributed by atoms with E-state index in [-0.39, 0.29) is 0 Å². The predicted molar refractivity (Wildman–Crippen MR) is 81.4 cm³/mol. The summed E-state index contributed by atoms with van der Waals surface area (Å²) in [5, 5.41) is -0.987. The number of halogens is 2. The van der Waals surface area contributed by atoms with Crippen LogP contribution in [-0.4, -0.2) is 10.5 Å². The molecule has 0 amide bonds. The van der Waals surface area contributed by atoms with Gasteiger partial charge in [-0.1, -0.05) is 30.8 Å². The molecule has 2 nitrogen and oxygen atoms in total. The second-order valence-electron chi connectivity index (χ2n) is 4.18. The van der Waals surface area contributed by atoms with Crippen LogP contribution in [0.1, 0.15) is 31.8 Å². The van der Waals surface area contributed by atoms with E-state index in [9.17, 15) is 9.59 Å². The number of benzene rings is 2. The first-order chi connectivity index (χ1) is 9.49. The predicted octanol–water partition coefficient (Wildman–Crippen LogP) is 4.51. The molecular formula is C16H10Cl2O2. The van der Waals surface area contributed by atoms with E-state index in [1.807, 2.05) is 0 Å². The molecule has 0 atom stereocenters. The monoisotopic (exact) mass is 304 g/mol. The Kier molecular flexibility index (Phi) is 4.38. The number of hydrogen-bond donors (Lipinski definition) is 0. The Hall–Kier alpha value is -1.90. The fourth-order valence-corrected chi connectivity index (χ4v) is 2.02. The lowest BCUT2D eigenvalue weighted by Crippen LogP contribution is -1.92. The molecule has 2 rings (SSSR count). The number of hydrogen-bond acceptors (Lipinski definition) is 2. The minimum atomic E-state index is -0.493. The molecule has 2 aromatic carbocycles. The van der Waals surface area contributed by atoms with Gasteiger partial charge in [-0.3, -0.25) is 9.59 Å². The maximum absolute atomic E-state index is 11.0. The molecule has 4 heteroatoms. The Labute approximate surface area is 126 Å². The summed E-state index contributed by atoms with van der Waals surface area (Å²) in [6.45, 7) is 4.01. The molecule has 0 saturated carbocycles. The second-order valence-corrected chi connectivity index (χ2v) is 4.87. The Bertz CT molecular complexity index is 611. The maximum atomic E-state index is 11.0. The Morgan fingerprint density at radius 3 is 1.15 bits per heavy atom. The summed E-state index contributed by atoms with van der Waals surface area (Å²) >= 11 is 10.8. The summed E-state index contributed by atoms with van der Waals surface area (Å²) in [5.74, 6) is 0. The summed E-state index contributed by atoms with van der Waals surface area (Å²) in [4.78, 5) is 22.0. The van der Waals surface area contributed by atoms with Crippen LogP contribution in [0, 0.1) is 0 Å². The largest absolute Gasteiger partial charge is 0.276 e. The molecule has 0 fully saturated rings. The van der Waals surface area contributed by atoms with E-state index in [1.165, 1.54) is 0 Å². The van der Waals surface area contributed by atoms with Gasteiger partial charge in [0.25, 0.3) is 10.5 Å². The van der Waals surface area contributed by atoms with Crippen LogP contribution in [0.5, 0.6) is 0 Å². The van der Waals surface area contributed by atoms with E-state index in [1.54, 1.807) is 48.5 Å². The van der Waals surface area contributed by atoms with E-state index >= 15 is 0 Å². The third-order valence-corrected chi connectivity index (χ3v) is 3.36. The highest BCUT2D eigenvalue weighted by molar-refractivity contribution is 6.68. The average Bonchev–Trinajstić information content (AvgIpc) is 2.46. The third-order valence-electron chi connectivity index (χ3n) is 2.92. The summed E-state index contributed by atoms with van der Waals surface area (Å²) in [6, 6.07) is 13.7. The summed E-state index contributed by atoms with van der Waals surface area (Å²) < 4.78 is 0. The van der Waals surface area contributed by atoms with Crippen molar-refractivity contribution in [2.75, 3.05) is 0 Å². The lowest BCUT2D eigenvalue weighted by Gasteiger charge is -2.07.